The van der Waals surface area contributed by atoms with E-state index in [2.05, 4.69) is 10.3 Å². The molecule has 3 rings (SSSR count). The van der Waals surface area contributed by atoms with Gasteiger partial charge in [-0.1, -0.05) is 42.5 Å². The van der Waals surface area contributed by atoms with E-state index in [1.54, 1.807) is 24.3 Å². The molecule has 1 heterocycles. The molecule has 0 aliphatic heterocycles. The fourth-order valence-electron chi connectivity index (χ4n) is 2.80. The number of carboxylic acids is 1. The molecule has 27 heavy (non-hydrogen) atoms. The van der Waals surface area contributed by atoms with E-state index in [9.17, 15) is 19.5 Å². The van der Waals surface area contributed by atoms with Gasteiger partial charge < -0.3 is 10.4 Å². The van der Waals surface area contributed by atoms with Crippen LogP contribution >= 0.6 is 0 Å². The molecule has 0 bridgehead atoms. The zero-order chi connectivity index (χ0) is 19.2. The molecule has 0 saturated carbocycles. The molecule has 0 unspecified atom stereocenters. The molecule has 0 aliphatic rings. The minimum atomic E-state index is -1.10. The number of hydrogen-bond donors (Lipinski definition) is 2. The molecule has 0 fully saturated rings. The number of hydrogen-bond acceptors (Lipinski definition) is 4. The summed E-state index contributed by atoms with van der Waals surface area (Å²) in [5.41, 5.74) is 1.18. The van der Waals surface area contributed by atoms with Crippen LogP contribution in [-0.2, 0) is 22.6 Å². The Kier molecular flexibility index (Phi) is 5.61. The number of amides is 1. The highest BCUT2D eigenvalue weighted by Gasteiger charge is 2.20. The smallest absolute Gasteiger partial charge is 0.326 e. The summed E-state index contributed by atoms with van der Waals surface area (Å²) < 4.78 is 1.36. The Labute approximate surface area is 155 Å². The van der Waals surface area contributed by atoms with Gasteiger partial charge in [0.2, 0.25) is 5.91 Å². The van der Waals surface area contributed by atoms with Gasteiger partial charge in [-0.05, 0) is 17.7 Å². The molecule has 3 aromatic rings. The van der Waals surface area contributed by atoms with Crippen molar-refractivity contribution in [3.05, 3.63) is 76.8 Å². The lowest BCUT2D eigenvalue weighted by molar-refractivity contribution is -0.141. The van der Waals surface area contributed by atoms with Gasteiger partial charge in [-0.2, -0.15) is 0 Å². The number of carbonyl (C=O) groups is 2. The van der Waals surface area contributed by atoms with E-state index in [4.69, 9.17) is 0 Å². The van der Waals surface area contributed by atoms with E-state index in [1.165, 1.54) is 10.9 Å². The Morgan fingerprint density at radius 2 is 1.78 bits per heavy atom. The van der Waals surface area contributed by atoms with Crippen molar-refractivity contribution in [2.24, 2.45) is 0 Å². The summed E-state index contributed by atoms with van der Waals surface area (Å²) in [7, 11) is 0. The lowest BCUT2D eigenvalue weighted by Crippen LogP contribution is -2.42. The topological polar surface area (TPSA) is 101 Å². The number of aliphatic carboxylic acids is 1. The van der Waals surface area contributed by atoms with Crippen LogP contribution in [0, 0.1) is 0 Å². The molecule has 0 saturated heterocycles. The Bertz CT molecular complexity index is 1010. The van der Waals surface area contributed by atoms with Crippen molar-refractivity contribution in [1.82, 2.24) is 14.9 Å². The van der Waals surface area contributed by atoms with Gasteiger partial charge in [-0.3, -0.25) is 14.2 Å². The molecular weight excluding hydrogens is 346 g/mol. The predicted octanol–water partition coefficient (Wildman–Crippen LogP) is 1.60. The number of nitrogens with one attached hydrogen (secondary N) is 1. The van der Waals surface area contributed by atoms with E-state index in [0.717, 1.165) is 5.56 Å². The Hall–Kier alpha value is -3.48. The van der Waals surface area contributed by atoms with Crippen molar-refractivity contribution >= 4 is 22.8 Å². The van der Waals surface area contributed by atoms with Crippen molar-refractivity contribution in [1.29, 1.82) is 0 Å². The second-order valence-corrected chi connectivity index (χ2v) is 6.16. The monoisotopic (exact) mass is 365 g/mol. The summed E-state index contributed by atoms with van der Waals surface area (Å²) in [5.74, 6) is -1.53. The van der Waals surface area contributed by atoms with E-state index in [-0.39, 0.29) is 24.9 Å². The fraction of sp³-hybridized carbons (Fsp3) is 0.200. The number of rotatable bonds is 7. The van der Waals surface area contributed by atoms with Crippen molar-refractivity contribution in [2.75, 3.05) is 0 Å². The third-order valence-corrected chi connectivity index (χ3v) is 4.23. The van der Waals surface area contributed by atoms with Crippen LogP contribution in [0.2, 0.25) is 0 Å². The number of benzene rings is 2. The second-order valence-electron chi connectivity index (χ2n) is 6.16. The highest BCUT2D eigenvalue weighted by Crippen LogP contribution is 2.06. The molecule has 2 aromatic carbocycles. The maximum absolute atomic E-state index is 12.4. The Morgan fingerprint density at radius 1 is 1.07 bits per heavy atom. The van der Waals surface area contributed by atoms with Gasteiger partial charge in [0, 0.05) is 19.4 Å². The third-order valence-electron chi connectivity index (χ3n) is 4.23. The van der Waals surface area contributed by atoms with Crippen LogP contribution in [0.4, 0.5) is 0 Å². The van der Waals surface area contributed by atoms with Crippen LogP contribution < -0.4 is 10.9 Å². The van der Waals surface area contributed by atoms with Gasteiger partial charge in [0.05, 0.1) is 17.2 Å². The molecule has 0 aliphatic carbocycles. The normalized spacial score (nSPS) is 11.9. The van der Waals surface area contributed by atoms with Crippen LogP contribution in [0.15, 0.2) is 65.7 Å². The molecule has 2 N–H and O–H groups in total. The zero-order valence-corrected chi connectivity index (χ0v) is 14.5. The largest absolute Gasteiger partial charge is 0.480 e. The molecule has 138 valence electrons. The number of para-hydroxylation sites is 1. The predicted molar refractivity (Wildman–Crippen MR) is 100 cm³/mol. The lowest BCUT2D eigenvalue weighted by Gasteiger charge is -2.15. The van der Waals surface area contributed by atoms with Gasteiger partial charge in [-0.25, -0.2) is 9.78 Å². The maximum Gasteiger partial charge on any atom is 0.326 e. The standard InChI is InChI=1S/C20H19N3O4/c24-18(22-17(20(26)27)12-14-6-2-1-3-7-14)10-11-23-13-21-16-9-5-4-8-15(16)19(23)25/h1-9,13,17H,10-12H2,(H,22,24)(H,26,27)/t17-/m1/s1. The number of fused-ring (bicyclic) bond motifs is 1. The van der Waals surface area contributed by atoms with Gasteiger partial charge >= 0.3 is 5.97 Å². The SMILES string of the molecule is O=C(CCn1cnc2ccccc2c1=O)N[C@H](Cc1ccccc1)C(=O)O. The third kappa shape index (κ3) is 4.58. The first kappa shape index (κ1) is 18.3. The molecular formula is C20H19N3O4. The molecule has 0 spiro atoms. The van der Waals surface area contributed by atoms with Crippen molar-refractivity contribution in [3.63, 3.8) is 0 Å². The van der Waals surface area contributed by atoms with E-state index in [0.29, 0.717) is 10.9 Å². The number of nitrogens with zero attached hydrogens (tertiary/aromatic N) is 2. The van der Waals surface area contributed by atoms with Crippen molar-refractivity contribution < 1.29 is 14.7 Å². The average molecular weight is 365 g/mol. The fourth-order valence-corrected chi connectivity index (χ4v) is 2.80. The van der Waals surface area contributed by atoms with Crippen LogP contribution in [0.5, 0.6) is 0 Å². The average Bonchev–Trinajstić information content (AvgIpc) is 2.68. The summed E-state index contributed by atoms with van der Waals surface area (Å²) in [5, 5.41) is 12.3. The molecule has 0 radical (unpaired) electrons. The lowest BCUT2D eigenvalue weighted by atomic mass is 10.1. The van der Waals surface area contributed by atoms with Gasteiger partial charge in [0.15, 0.2) is 0 Å². The Balaban J connectivity index is 1.64. The van der Waals surface area contributed by atoms with Crippen molar-refractivity contribution in [2.45, 2.75) is 25.4 Å². The van der Waals surface area contributed by atoms with Gasteiger partial charge in [0.25, 0.3) is 5.56 Å². The highest BCUT2D eigenvalue weighted by atomic mass is 16.4. The minimum Gasteiger partial charge on any atom is -0.480 e. The van der Waals surface area contributed by atoms with E-state index in [1.807, 2.05) is 30.3 Å². The van der Waals surface area contributed by atoms with Crippen LogP contribution in [-0.4, -0.2) is 32.6 Å². The molecule has 7 nitrogen and oxygen atoms in total. The molecule has 7 heteroatoms. The van der Waals surface area contributed by atoms with Crippen LogP contribution in [0.25, 0.3) is 10.9 Å². The second kappa shape index (κ2) is 8.27. The molecule has 1 amide bonds. The molecule has 1 aromatic heterocycles. The number of aryl methyl sites for hydroxylation is 1. The summed E-state index contributed by atoms with van der Waals surface area (Å²) in [6.45, 7) is 0.125. The zero-order valence-electron chi connectivity index (χ0n) is 14.5. The van der Waals surface area contributed by atoms with Gasteiger partial charge in [0.1, 0.15) is 6.04 Å². The maximum atomic E-state index is 12.4. The summed E-state index contributed by atoms with van der Waals surface area (Å²) >= 11 is 0. The van der Waals surface area contributed by atoms with Gasteiger partial charge in [-0.15, -0.1) is 0 Å². The number of carboxylic acid groups (broad SMARTS) is 1. The summed E-state index contributed by atoms with van der Waals surface area (Å²) in [6, 6.07) is 15.0. The summed E-state index contributed by atoms with van der Waals surface area (Å²) in [4.78, 5) is 40.2. The van der Waals surface area contributed by atoms with Crippen LogP contribution in [0.1, 0.15) is 12.0 Å². The first-order valence-electron chi connectivity index (χ1n) is 8.55. The highest BCUT2D eigenvalue weighted by molar-refractivity contribution is 5.83. The van der Waals surface area contributed by atoms with E-state index < -0.39 is 17.9 Å². The number of carbonyl (C=O) groups excluding carboxylic acids is 1. The summed E-state index contributed by atoms with van der Waals surface area (Å²) in [6.07, 6.45) is 1.58. The van der Waals surface area contributed by atoms with Crippen LogP contribution in [0.3, 0.4) is 0 Å². The number of aromatic nitrogens is 2. The molecule has 1 atom stereocenters. The minimum absolute atomic E-state index is 0.0154. The Morgan fingerprint density at radius 3 is 2.52 bits per heavy atom. The first-order valence-corrected chi connectivity index (χ1v) is 8.55. The quantitative estimate of drug-likeness (QED) is 0.662. The first-order chi connectivity index (χ1) is 13.0. The van der Waals surface area contributed by atoms with Crippen molar-refractivity contribution in [3.8, 4) is 0 Å². The van der Waals surface area contributed by atoms with E-state index >= 15 is 0 Å².